The molecule has 0 radical (unpaired) electrons. The Morgan fingerprint density at radius 1 is 1.25 bits per heavy atom. The Morgan fingerprint density at radius 2 is 2.05 bits per heavy atom. The van der Waals surface area contributed by atoms with Gasteiger partial charge in [-0.1, -0.05) is 47.3 Å². The molecule has 0 heterocycles. The highest BCUT2D eigenvalue weighted by molar-refractivity contribution is 9.09. The van der Waals surface area contributed by atoms with Crippen molar-refractivity contribution in [1.82, 2.24) is 0 Å². The molecule has 0 aliphatic heterocycles. The lowest BCUT2D eigenvalue weighted by molar-refractivity contribution is -0.127. The minimum atomic E-state index is 0.414. The highest BCUT2D eigenvalue weighted by Crippen LogP contribution is 2.56. The summed E-state index contributed by atoms with van der Waals surface area (Å²) in [6.07, 6.45) is 8.35. The summed E-state index contributed by atoms with van der Waals surface area (Å²) in [5.41, 5.74) is 1.62. The molecule has 3 rings (SSSR count). The van der Waals surface area contributed by atoms with Crippen molar-refractivity contribution in [3.05, 3.63) is 29.8 Å². The Bertz CT molecular complexity index is 454. The minimum Gasteiger partial charge on any atom is -0.497 e. The minimum absolute atomic E-state index is 0.414. The zero-order valence-electron chi connectivity index (χ0n) is 12.1. The Kier molecular flexibility index (Phi) is 4.37. The summed E-state index contributed by atoms with van der Waals surface area (Å²) in [5, 5.41) is 0. The number of hydrogen-bond donors (Lipinski definition) is 0. The van der Waals surface area contributed by atoms with Crippen molar-refractivity contribution in [2.24, 2.45) is 5.41 Å². The van der Waals surface area contributed by atoms with Gasteiger partial charge in [0.05, 0.1) is 19.8 Å². The maximum absolute atomic E-state index is 6.24. The number of ether oxygens (including phenoxy) is 2. The van der Waals surface area contributed by atoms with Gasteiger partial charge in [0.25, 0.3) is 0 Å². The van der Waals surface area contributed by atoms with Crippen molar-refractivity contribution in [2.75, 3.05) is 7.11 Å². The summed E-state index contributed by atoms with van der Waals surface area (Å²) in [6.45, 7) is 0.698. The van der Waals surface area contributed by atoms with Gasteiger partial charge >= 0.3 is 0 Å². The van der Waals surface area contributed by atoms with Gasteiger partial charge in [0.2, 0.25) is 0 Å². The van der Waals surface area contributed by atoms with Crippen molar-refractivity contribution in [2.45, 2.75) is 56.1 Å². The summed E-state index contributed by atoms with van der Waals surface area (Å²) in [5.74, 6) is 0.908. The van der Waals surface area contributed by atoms with Gasteiger partial charge in [0.15, 0.2) is 0 Å². The molecule has 20 heavy (non-hydrogen) atoms. The molecule has 1 aromatic rings. The van der Waals surface area contributed by atoms with E-state index in [4.69, 9.17) is 9.47 Å². The second kappa shape index (κ2) is 6.07. The fraction of sp³-hybridized carbons (Fsp3) is 0.647. The van der Waals surface area contributed by atoms with E-state index in [1.165, 1.54) is 37.7 Å². The molecule has 2 fully saturated rings. The Hall–Kier alpha value is -0.540. The van der Waals surface area contributed by atoms with Gasteiger partial charge in [-0.05, 0) is 37.0 Å². The van der Waals surface area contributed by atoms with Crippen LogP contribution in [0.25, 0.3) is 0 Å². The first kappa shape index (κ1) is 14.4. The lowest BCUT2D eigenvalue weighted by Gasteiger charge is -2.55. The molecule has 0 saturated heterocycles. The van der Waals surface area contributed by atoms with Crippen molar-refractivity contribution >= 4 is 15.9 Å². The topological polar surface area (TPSA) is 18.5 Å². The summed E-state index contributed by atoms with van der Waals surface area (Å²) in [6, 6.07) is 8.18. The van der Waals surface area contributed by atoms with Gasteiger partial charge in [-0.15, -0.1) is 0 Å². The Balaban J connectivity index is 1.60. The summed E-state index contributed by atoms with van der Waals surface area (Å²) in [4.78, 5) is 0.658. The summed E-state index contributed by atoms with van der Waals surface area (Å²) >= 11 is 3.87. The molecule has 2 aliphatic carbocycles. The van der Waals surface area contributed by atoms with Gasteiger partial charge in [-0.25, -0.2) is 0 Å². The van der Waals surface area contributed by atoms with Crippen LogP contribution in [0.1, 0.15) is 44.1 Å². The van der Waals surface area contributed by atoms with Crippen LogP contribution in [-0.2, 0) is 11.3 Å². The van der Waals surface area contributed by atoms with Crippen molar-refractivity contribution in [1.29, 1.82) is 0 Å². The quantitative estimate of drug-likeness (QED) is 0.741. The van der Waals surface area contributed by atoms with Gasteiger partial charge < -0.3 is 9.47 Å². The Labute approximate surface area is 130 Å². The number of methoxy groups -OCH3 is 1. The number of halogens is 1. The maximum Gasteiger partial charge on any atom is 0.119 e. The number of alkyl halides is 1. The molecular formula is C17H23BrO2. The van der Waals surface area contributed by atoms with E-state index < -0.39 is 0 Å². The summed E-state index contributed by atoms with van der Waals surface area (Å²) < 4.78 is 11.5. The van der Waals surface area contributed by atoms with Crippen molar-refractivity contribution in [3.8, 4) is 5.75 Å². The molecule has 2 nitrogen and oxygen atoms in total. The molecule has 1 spiro atoms. The highest BCUT2D eigenvalue weighted by atomic mass is 79.9. The monoisotopic (exact) mass is 338 g/mol. The van der Waals surface area contributed by atoms with E-state index in [-0.39, 0.29) is 0 Å². The lowest BCUT2D eigenvalue weighted by atomic mass is 9.58. The first-order valence-electron chi connectivity index (χ1n) is 7.63. The molecule has 0 aromatic heterocycles. The predicted molar refractivity (Wildman–Crippen MR) is 84.4 cm³/mol. The van der Waals surface area contributed by atoms with Crippen LogP contribution in [0.4, 0.5) is 0 Å². The van der Waals surface area contributed by atoms with E-state index in [0.717, 1.165) is 12.2 Å². The smallest absolute Gasteiger partial charge is 0.119 e. The van der Waals surface area contributed by atoms with Crippen LogP contribution in [-0.4, -0.2) is 18.0 Å². The largest absolute Gasteiger partial charge is 0.497 e. The molecule has 2 aliphatic rings. The van der Waals surface area contributed by atoms with Crippen LogP contribution in [0.2, 0.25) is 0 Å². The van der Waals surface area contributed by atoms with Crippen LogP contribution in [0.15, 0.2) is 24.3 Å². The van der Waals surface area contributed by atoms with Gasteiger partial charge in [0.1, 0.15) is 5.75 Å². The number of benzene rings is 1. The molecule has 0 amide bonds. The van der Waals surface area contributed by atoms with E-state index in [0.29, 0.717) is 23.0 Å². The standard InChI is InChI=1S/C17H23BrO2/c1-19-14-7-5-6-13(10-14)12-20-16-11-15(18)17(16)8-3-2-4-9-17/h5-7,10,15-16H,2-4,8-9,11-12H2,1H3. The van der Waals surface area contributed by atoms with Crippen molar-refractivity contribution < 1.29 is 9.47 Å². The van der Waals surface area contributed by atoms with Gasteiger partial charge in [-0.3, -0.25) is 0 Å². The average molecular weight is 339 g/mol. The van der Waals surface area contributed by atoms with Crippen LogP contribution in [0.5, 0.6) is 5.75 Å². The summed E-state index contributed by atoms with van der Waals surface area (Å²) in [7, 11) is 1.71. The third-order valence-electron chi connectivity index (χ3n) is 5.06. The number of hydrogen-bond acceptors (Lipinski definition) is 2. The SMILES string of the molecule is COc1cccc(COC2CC(Br)C23CCCCC3)c1. The van der Waals surface area contributed by atoms with E-state index in [9.17, 15) is 0 Å². The molecular weight excluding hydrogens is 316 g/mol. The lowest BCUT2D eigenvalue weighted by Crippen LogP contribution is -2.56. The van der Waals surface area contributed by atoms with Gasteiger partial charge in [-0.2, -0.15) is 0 Å². The van der Waals surface area contributed by atoms with E-state index in [1.54, 1.807) is 7.11 Å². The third-order valence-corrected chi connectivity index (χ3v) is 6.34. The molecule has 110 valence electrons. The fourth-order valence-corrected chi connectivity index (χ4v) is 4.83. The van der Waals surface area contributed by atoms with E-state index in [2.05, 4.69) is 28.1 Å². The molecule has 2 unspecified atom stereocenters. The normalized spacial score (nSPS) is 28.1. The molecule has 0 bridgehead atoms. The Morgan fingerprint density at radius 3 is 2.75 bits per heavy atom. The van der Waals surface area contributed by atoms with Crippen molar-refractivity contribution in [3.63, 3.8) is 0 Å². The average Bonchev–Trinajstić information content (AvgIpc) is 2.52. The van der Waals surface area contributed by atoms with Gasteiger partial charge in [0, 0.05) is 10.2 Å². The predicted octanol–water partition coefficient (Wildman–Crippen LogP) is 4.70. The van der Waals surface area contributed by atoms with Crippen LogP contribution >= 0.6 is 15.9 Å². The maximum atomic E-state index is 6.24. The first-order chi connectivity index (χ1) is 9.74. The zero-order valence-corrected chi connectivity index (χ0v) is 13.7. The van der Waals surface area contributed by atoms with Crippen LogP contribution in [0, 0.1) is 5.41 Å². The van der Waals surface area contributed by atoms with E-state index in [1.807, 2.05) is 12.1 Å². The third kappa shape index (κ3) is 2.62. The van der Waals surface area contributed by atoms with Crippen LogP contribution in [0.3, 0.4) is 0 Å². The first-order valence-corrected chi connectivity index (χ1v) is 8.55. The number of rotatable bonds is 4. The second-order valence-corrected chi connectivity index (χ2v) is 7.25. The second-order valence-electron chi connectivity index (χ2n) is 6.15. The van der Waals surface area contributed by atoms with Crippen LogP contribution < -0.4 is 4.74 Å². The van der Waals surface area contributed by atoms with E-state index >= 15 is 0 Å². The zero-order chi connectivity index (χ0) is 14.0. The molecule has 3 heteroatoms. The fourth-order valence-electron chi connectivity index (χ4n) is 3.74. The molecule has 0 N–H and O–H groups in total. The molecule has 2 saturated carbocycles. The molecule has 2 atom stereocenters. The molecule has 1 aromatic carbocycles. The highest BCUT2D eigenvalue weighted by Gasteiger charge is 2.54.